The van der Waals surface area contributed by atoms with Gasteiger partial charge >= 0.3 is 0 Å². The first-order chi connectivity index (χ1) is 9.58. The minimum atomic E-state index is -0.461. The van der Waals surface area contributed by atoms with Crippen LogP contribution in [-0.4, -0.2) is 18.3 Å². The molecule has 0 fully saturated rings. The van der Waals surface area contributed by atoms with Crippen molar-refractivity contribution in [2.45, 2.75) is 6.42 Å². The Balaban J connectivity index is 2.70. The molecule has 20 heavy (non-hydrogen) atoms. The topological polar surface area (TPSA) is 90.9 Å². The van der Waals surface area contributed by atoms with E-state index in [1.54, 1.807) is 18.2 Å². The molecule has 0 aliphatic carbocycles. The molecule has 5 nitrogen and oxygen atoms in total. The molecule has 0 aliphatic heterocycles. The fourth-order valence-electron chi connectivity index (χ4n) is 1.31. The Morgan fingerprint density at radius 3 is 2.85 bits per heavy atom. The summed E-state index contributed by atoms with van der Waals surface area (Å²) in [5.41, 5.74) is 6.61. The second kappa shape index (κ2) is 8.31. The van der Waals surface area contributed by atoms with Gasteiger partial charge < -0.3 is 16.4 Å². The van der Waals surface area contributed by atoms with Crippen LogP contribution in [-0.2, 0) is 4.79 Å². The van der Waals surface area contributed by atoms with Crippen LogP contribution in [0.2, 0.25) is 5.02 Å². The summed E-state index contributed by atoms with van der Waals surface area (Å²) in [4.78, 5) is 11.7. The zero-order chi connectivity index (χ0) is 15.0. The van der Waals surface area contributed by atoms with E-state index in [-0.39, 0.29) is 5.57 Å². The summed E-state index contributed by atoms with van der Waals surface area (Å²) in [5.74, 6) is -0.0118. The van der Waals surface area contributed by atoms with Crippen molar-refractivity contribution in [2.75, 3.05) is 23.5 Å². The van der Waals surface area contributed by atoms with Gasteiger partial charge in [0.15, 0.2) is 0 Å². The number of halogens is 2. The maximum Gasteiger partial charge on any atom is 0.263 e. The number of benzene rings is 1. The van der Waals surface area contributed by atoms with E-state index in [0.29, 0.717) is 35.2 Å². The normalized spacial score (nSPS) is 10.8. The molecule has 0 heterocycles. The fourth-order valence-corrected chi connectivity index (χ4v) is 1.69. The van der Waals surface area contributed by atoms with Crippen LogP contribution in [0.4, 0.5) is 11.4 Å². The molecule has 1 aromatic rings. The number of nitrogens with zero attached hydrogens (tertiary/aromatic N) is 1. The summed E-state index contributed by atoms with van der Waals surface area (Å²) in [6, 6.07) is 6.71. The fraction of sp³-hybridized carbons (Fsp3) is 0.231. The number of rotatable bonds is 6. The highest BCUT2D eigenvalue weighted by molar-refractivity contribution is 6.33. The van der Waals surface area contributed by atoms with E-state index >= 15 is 0 Å². The van der Waals surface area contributed by atoms with Crippen LogP contribution in [0.25, 0.3) is 0 Å². The largest absolute Gasteiger partial charge is 0.399 e. The van der Waals surface area contributed by atoms with Gasteiger partial charge in [0.2, 0.25) is 0 Å². The third-order valence-corrected chi connectivity index (χ3v) is 2.91. The van der Waals surface area contributed by atoms with Gasteiger partial charge in [0.25, 0.3) is 5.91 Å². The maximum atomic E-state index is 11.7. The van der Waals surface area contributed by atoms with Crippen LogP contribution >= 0.6 is 23.2 Å². The van der Waals surface area contributed by atoms with E-state index in [1.165, 1.54) is 6.20 Å². The van der Waals surface area contributed by atoms with Crippen LogP contribution in [0, 0.1) is 11.3 Å². The molecule has 0 atom stereocenters. The van der Waals surface area contributed by atoms with Gasteiger partial charge in [0.05, 0.1) is 10.7 Å². The van der Waals surface area contributed by atoms with Crippen molar-refractivity contribution in [3.63, 3.8) is 0 Å². The van der Waals surface area contributed by atoms with Gasteiger partial charge in [0.1, 0.15) is 11.6 Å². The number of hydrogen-bond donors (Lipinski definition) is 3. The van der Waals surface area contributed by atoms with Crippen molar-refractivity contribution in [3.8, 4) is 6.07 Å². The standard InChI is InChI=1S/C13H14Cl2N4O/c14-4-1-5-18-13(20)9(7-16)8-19-12-3-2-10(17)6-11(12)15/h2-3,6,8,19H,1,4-5,17H2,(H,18,20)/b9-8-. The number of nitrogen functional groups attached to an aromatic ring is 1. The van der Waals surface area contributed by atoms with Crippen molar-refractivity contribution in [3.05, 3.63) is 35.0 Å². The molecule has 0 bridgehead atoms. The molecule has 1 amide bonds. The first-order valence-corrected chi connectivity index (χ1v) is 6.75. The Labute approximate surface area is 127 Å². The van der Waals surface area contributed by atoms with Crippen LogP contribution in [0.15, 0.2) is 30.0 Å². The highest BCUT2D eigenvalue weighted by Gasteiger charge is 2.08. The number of nitrogens with one attached hydrogen (secondary N) is 2. The first kappa shape index (κ1) is 16.2. The monoisotopic (exact) mass is 312 g/mol. The lowest BCUT2D eigenvalue weighted by Gasteiger charge is -2.06. The molecule has 0 saturated heterocycles. The molecule has 7 heteroatoms. The number of carbonyl (C=O) groups excluding carboxylic acids is 1. The van der Waals surface area contributed by atoms with Crippen LogP contribution in [0.1, 0.15) is 6.42 Å². The number of nitrogens with two attached hydrogens (primary N) is 1. The lowest BCUT2D eigenvalue weighted by Crippen LogP contribution is -2.26. The Kier molecular flexibility index (Phi) is 6.71. The average molecular weight is 313 g/mol. The van der Waals surface area contributed by atoms with Crippen LogP contribution < -0.4 is 16.4 Å². The molecule has 1 aromatic carbocycles. The molecule has 0 unspecified atom stereocenters. The van der Waals surface area contributed by atoms with E-state index in [2.05, 4.69) is 10.6 Å². The minimum absolute atomic E-state index is 0.0486. The van der Waals surface area contributed by atoms with Gasteiger partial charge in [-0.3, -0.25) is 4.79 Å². The molecule has 0 spiro atoms. The van der Waals surface area contributed by atoms with Crippen LogP contribution in [0.3, 0.4) is 0 Å². The van der Waals surface area contributed by atoms with E-state index in [9.17, 15) is 4.79 Å². The van der Waals surface area contributed by atoms with Crippen molar-refractivity contribution < 1.29 is 4.79 Å². The Bertz CT molecular complexity index is 552. The summed E-state index contributed by atoms with van der Waals surface area (Å²) in [6.07, 6.45) is 1.94. The molecular formula is C13H14Cl2N4O. The zero-order valence-electron chi connectivity index (χ0n) is 10.6. The lowest BCUT2D eigenvalue weighted by molar-refractivity contribution is -0.117. The second-order valence-corrected chi connectivity index (χ2v) is 4.64. The molecule has 106 valence electrons. The van der Waals surface area contributed by atoms with Crippen molar-refractivity contribution >= 4 is 40.5 Å². The molecule has 0 aromatic heterocycles. The number of carbonyl (C=O) groups is 1. The predicted molar refractivity (Wildman–Crippen MR) is 81.5 cm³/mol. The lowest BCUT2D eigenvalue weighted by atomic mass is 10.2. The summed E-state index contributed by atoms with van der Waals surface area (Å²) in [5, 5.41) is 14.7. The second-order valence-electron chi connectivity index (χ2n) is 3.85. The number of anilines is 2. The smallest absolute Gasteiger partial charge is 0.263 e. The SMILES string of the molecule is N#C/C(=C/Nc1ccc(N)cc1Cl)C(=O)NCCCCl. The molecule has 0 aliphatic rings. The highest BCUT2D eigenvalue weighted by Crippen LogP contribution is 2.24. The predicted octanol–water partition coefficient (Wildman–Crippen LogP) is 2.49. The maximum absolute atomic E-state index is 11.7. The Morgan fingerprint density at radius 2 is 2.25 bits per heavy atom. The van der Waals surface area contributed by atoms with Gasteiger partial charge in [-0.25, -0.2) is 0 Å². The minimum Gasteiger partial charge on any atom is -0.399 e. The van der Waals surface area contributed by atoms with Gasteiger partial charge in [-0.15, -0.1) is 11.6 Å². The van der Waals surface area contributed by atoms with E-state index in [0.717, 1.165) is 0 Å². The summed E-state index contributed by atoms with van der Waals surface area (Å²) >= 11 is 11.5. The van der Waals surface area contributed by atoms with Gasteiger partial charge in [0, 0.05) is 24.3 Å². The van der Waals surface area contributed by atoms with Crippen LogP contribution in [0.5, 0.6) is 0 Å². The molecule has 0 saturated carbocycles. The van der Waals surface area contributed by atoms with Crippen molar-refractivity contribution in [2.24, 2.45) is 0 Å². The number of nitriles is 1. The third-order valence-electron chi connectivity index (χ3n) is 2.33. The summed E-state index contributed by atoms with van der Waals surface area (Å²) in [6.45, 7) is 0.421. The zero-order valence-corrected chi connectivity index (χ0v) is 12.1. The molecule has 1 rings (SSSR count). The Morgan fingerprint density at radius 1 is 1.50 bits per heavy atom. The highest BCUT2D eigenvalue weighted by atomic mass is 35.5. The number of amides is 1. The third kappa shape index (κ3) is 5.00. The van der Waals surface area contributed by atoms with Gasteiger partial charge in [-0.2, -0.15) is 5.26 Å². The molecule has 0 radical (unpaired) electrons. The first-order valence-electron chi connectivity index (χ1n) is 5.84. The van der Waals surface area contributed by atoms with Crippen molar-refractivity contribution in [1.29, 1.82) is 5.26 Å². The van der Waals surface area contributed by atoms with E-state index < -0.39 is 5.91 Å². The van der Waals surface area contributed by atoms with Gasteiger partial charge in [-0.05, 0) is 24.6 Å². The number of alkyl halides is 1. The van der Waals surface area contributed by atoms with E-state index in [1.807, 2.05) is 6.07 Å². The number of hydrogen-bond acceptors (Lipinski definition) is 4. The van der Waals surface area contributed by atoms with E-state index in [4.69, 9.17) is 34.2 Å². The summed E-state index contributed by atoms with van der Waals surface area (Å²) < 4.78 is 0. The Hall–Kier alpha value is -1.90. The van der Waals surface area contributed by atoms with Gasteiger partial charge in [-0.1, -0.05) is 11.6 Å². The quantitative estimate of drug-likeness (QED) is 0.247. The molecular weight excluding hydrogens is 299 g/mol. The van der Waals surface area contributed by atoms with Crippen molar-refractivity contribution in [1.82, 2.24) is 5.32 Å². The summed E-state index contributed by atoms with van der Waals surface area (Å²) in [7, 11) is 0. The molecule has 4 N–H and O–H groups in total. The average Bonchev–Trinajstić information content (AvgIpc) is 2.42.